The molecular formula is C21H30BrNO. The molecule has 0 aromatic heterocycles. The summed E-state index contributed by atoms with van der Waals surface area (Å²) in [6, 6.07) is 21.0. The van der Waals surface area contributed by atoms with Crippen molar-refractivity contribution in [2.24, 2.45) is 0 Å². The first-order valence-electron chi connectivity index (χ1n) is 8.81. The van der Waals surface area contributed by atoms with E-state index in [-0.39, 0.29) is 23.1 Å². The zero-order chi connectivity index (χ0) is 16.5. The zero-order valence-corrected chi connectivity index (χ0v) is 16.7. The first-order chi connectivity index (χ1) is 11.2. The van der Waals surface area contributed by atoms with Crippen LogP contribution in [-0.4, -0.2) is 37.3 Å². The van der Waals surface area contributed by atoms with E-state index in [1.54, 1.807) is 0 Å². The van der Waals surface area contributed by atoms with Crippen LogP contribution in [0.1, 0.15) is 38.0 Å². The molecule has 0 amide bonds. The molecule has 2 aromatic rings. The maximum absolute atomic E-state index is 6.36. The monoisotopic (exact) mass is 391 g/mol. The molecule has 3 heteroatoms. The van der Waals surface area contributed by atoms with E-state index in [2.05, 4.69) is 81.4 Å². The Morgan fingerprint density at radius 3 is 1.54 bits per heavy atom. The zero-order valence-electron chi connectivity index (χ0n) is 15.1. The van der Waals surface area contributed by atoms with E-state index < -0.39 is 0 Å². The molecular weight excluding hydrogens is 362 g/mol. The molecule has 0 unspecified atom stereocenters. The van der Waals surface area contributed by atoms with Crippen molar-refractivity contribution in [2.75, 3.05) is 32.8 Å². The Bertz CT molecular complexity index is 507. The second-order valence-electron chi connectivity index (χ2n) is 6.09. The van der Waals surface area contributed by atoms with Crippen molar-refractivity contribution in [3.8, 4) is 0 Å². The summed E-state index contributed by atoms with van der Waals surface area (Å²) >= 11 is 0. The molecule has 0 spiro atoms. The Morgan fingerprint density at radius 2 is 1.17 bits per heavy atom. The lowest BCUT2D eigenvalue weighted by atomic mass is 10.0. The number of likely N-dealkylation sites (N-methyl/N-ethyl adjacent to an activating group) is 1. The number of rotatable bonds is 9. The minimum atomic E-state index is 0. The van der Waals surface area contributed by atoms with Gasteiger partial charge in [-0.15, -0.1) is 0 Å². The van der Waals surface area contributed by atoms with Crippen LogP contribution in [0.4, 0.5) is 0 Å². The summed E-state index contributed by atoms with van der Waals surface area (Å²) in [6.45, 7) is 12.2. The van der Waals surface area contributed by atoms with Crippen molar-refractivity contribution in [1.82, 2.24) is 0 Å². The van der Waals surface area contributed by atoms with Gasteiger partial charge in [0.05, 0.1) is 26.2 Å². The normalized spacial score (nSPS) is 11.3. The van der Waals surface area contributed by atoms with Crippen LogP contribution in [-0.2, 0) is 4.74 Å². The molecule has 0 fully saturated rings. The molecule has 2 nitrogen and oxygen atoms in total. The average Bonchev–Trinajstić information content (AvgIpc) is 2.64. The summed E-state index contributed by atoms with van der Waals surface area (Å²) in [6.07, 6.45) is 0.0184. The lowest BCUT2D eigenvalue weighted by Gasteiger charge is -2.36. The molecule has 0 aliphatic carbocycles. The summed E-state index contributed by atoms with van der Waals surface area (Å²) in [5.74, 6) is 0. The number of hydrogen-bond donors (Lipinski definition) is 0. The van der Waals surface area contributed by atoms with Gasteiger partial charge < -0.3 is 26.2 Å². The van der Waals surface area contributed by atoms with Crippen LogP contribution in [0, 0.1) is 0 Å². The third-order valence-electron chi connectivity index (χ3n) is 5.07. The van der Waals surface area contributed by atoms with E-state index in [9.17, 15) is 0 Å². The third kappa shape index (κ3) is 5.44. The van der Waals surface area contributed by atoms with Crippen LogP contribution in [0.5, 0.6) is 0 Å². The van der Waals surface area contributed by atoms with E-state index >= 15 is 0 Å². The highest BCUT2D eigenvalue weighted by Gasteiger charge is 2.22. The fraction of sp³-hybridized carbons (Fsp3) is 0.429. The fourth-order valence-corrected chi connectivity index (χ4v) is 3.15. The Labute approximate surface area is 157 Å². The highest BCUT2D eigenvalue weighted by atomic mass is 79.9. The van der Waals surface area contributed by atoms with Crippen molar-refractivity contribution in [2.45, 2.75) is 26.9 Å². The van der Waals surface area contributed by atoms with Gasteiger partial charge >= 0.3 is 0 Å². The van der Waals surface area contributed by atoms with E-state index in [4.69, 9.17) is 4.74 Å². The molecule has 132 valence electrons. The SMILES string of the molecule is CC[N+](CC)(CC)CCOC(c1ccccc1)c1ccccc1.[Br-]. The van der Waals surface area contributed by atoms with Gasteiger partial charge in [-0.05, 0) is 31.9 Å². The number of halogens is 1. The summed E-state index contributed by atoms with van der Waals surface area (Å²) in [7, 11) is 0. The van der Waals surface area contributed by atoms with Gasteiger partial charge in [0.1, 0.15) is 12.6 Å². The minimum Gasteiger partial charge on any atom is -1.00 e. The Hall–Kier alpha value is -1.16. The van der Waals surface area contributed by atoms with E-state index in [0.29, 0.717) is 0 Å². The largest absolute Gasteiger partial charge is 1.00 e. The van der Waals surface area contributed by atoms with Crippen LogP contribution >= 0.6 is 0 Å². The number of benzene rings is 2. The number of hydrogen-bond acceptors (Lipinski definition) is 1. The average molecular weight is 392 g/mol. The number of nitrogens with zero attached hydrogens (tertiary/aromatic N) is 1. The van der Waals surface area contributed by atoms with Gasteiger partial charge in [-0.1, -0.05) is 60.7 Å². The van der Waals surface area contributed by atoms with Gasteiger partial charge in [0.15, 0.2) is 0 Å². The second-order valence-corrected chi connectivity index (χ2v) is 6.09. The number of quaternary nitrogens is 1. The van der Waals surface area contributed by atoms with Crippen molar-refractivity contribution in [1.29, 1.82) is 0 Å². The number of ether oxygens (including phenoxy) is 1. The maximum Gasteiger partial charge on any atom is 0.108 e. The highest BCUT2D eigenvalue weighted by Crippen LogP contribution is 2.25. The summed E-state index contributed by atoms with van der Waals surface area (Å²) in [5.41, 5.74) is 2.45. The van der Waals surface area contributed by atoms with Gasteiger partial charge in [0.25, 0.3) is 0 Å². The third-order valence-corrected chi connectivity index (χ3v) is 5.07. The van der Waals surface area contributed by atoms with Crippen LogP contribution < -0.4 is 17.0 Å². The topological polar surface area (TPSA) is 9.23 Å². The molecule has 0 radical (unpaired) electrons. The van der Waals surface area contributed by atoms with Crippen molar-refractivity contribution < 1.29 is 26.2 Å². The fourth-order valence-electron chi connectivity index (χ4n) is 3.15. The molecule has 2 rings (SSSR count). The molecule has 0 N–H and O–H groups in total. The minimum absolute atomic E-state index is 0. The van der Waals surface area contributed by atoms with E-state index in [1.165, 1.54) is 11.1 Å². The van der Waals surface area contributed by atoms with Gasteiger partial charge in [0.2, 0.25) is 0 Å². The van der Waals surface area contributed by atoms with Gasteiger partial charge in [-0.3, -0.25) is 0 Å². The molecule has 0 aliphatic heterocycles. The van der Waals surface area contributed by atoms with Crippen molar-refractivity contribution in [3.63, 3.8) is 0 Å². The lowest BCUT2D eigenvalue weighted by Crippen LogP contribution is -3.00. The maximum atomic E-state index is 6.36. The molecule has 0 bridgehead atoms. The molecule has 0 atom stereocenters. The molecule has 0 heterocycles. The van der Waals surface area contributed by atoms with E-state index in [1.807, 2.05) is 0 Å². The highest BCUT2D eigenvalue weighted by molar-refractivity contribution is 5.29. The summed E-state index contributed by atoms with van der Waals surface area (Å²) in [4.78, 5) is 0. The van der Waals surface area contributed by atoms with Gasteiger partial charge in [0, 0.05) is 0 Å². The van der Waals surface area contributed by atoms with Gasteiger partial charge in [-0.2, -0.15) is 0 Å². The predicted molar refractivity (Wildman–Crippen MR) is 97.4 cm³/mol. The van der Waals surface area contributed by atoms with Crippen molar-refractivity contribution >= 4 is 0 Å². The standard InChI is InChI=1S/C21H30NO.BrH/c1-4-22(5-2,6-3)17-18-23-21(19-13-9-7-10-14-19)20-15-11-8-12-16-20;/h7-16,21H,4-6,17-18H2,1-3H3;1H/q+1;/p-1. The molecule has 0 saturated heterocycles. The Morgan fingerprint density at radius 1 is 0.750 bits per heavy atom. The lowest BCUT2D eigenvalue weighted by molar-refractivity contribution is -0.923. The van der Waals surface area contributed by atoms with Gasteiger partial charge in [-0.25, -0.2) is 0 Å². The van der Waals surface area contributed by atoms with Crippen LogP contribution in [0.25, 0.3) is 0 Å². The predicted octanol–water partition coefficient (Wildman–Crippen LogP) is 1.67. The van der Waals surface area contributed by atoms with Crippen LogP contribution in [0.2, 0.25) is 0 Å². The Balaban J connectivity index is 0.00000288. The first kappa shape index (κ1) is 20.9. The quantitative estimate of drug-likeness (QED) is 0.590. The molecule has 2 aromatic carbocycles. The first-order valence-corrected chi connectivity index (χ1v) is 8.81. The molecule has 0 saturated carbocycles. The van der Waals surface area contributed by atoms with E-state index in [0.717, 1.165) is 37.3 Å². The van der Waals surface area contributed by atoms with Crippen LogP contribution in [0.3, 0.4) is 0 Å². The Kier molecular flexibility index (Phi) is 9.27. The molecule has 24 heavy (non-hydrogen) atoms. The summed E-state index contributed by atoms with van der Waals surface area (Å²) < 4.78 is 7.48. The van der Waals surface area contributed by atoms with Crippen LogP contribution in [0.15, 0.2) is 60.7 Å². The second kappa shape index (κ2) is 10.7. The summed E-state index contributed by atoms with van der Waals surface area (Å²) in [5, 5.41) is 0. The molecule has 0 aliphatic rings. The van der Waals surface area contributed by atoms with Crippen molar-refractivity contribution in [3.05, 3.63) is 71.8 Å². The smallest absolute Gasteiger partial charge is 0.108 e.